The van der Waals surface area contributed by atoms with E-state index in [0.717, 1.165) is 22.3 Å². The van der Waals surface area contributed by atoms with E-state index >= 15 is 0 Å². The van der Waals surface area contributed by atoms with Crippen molar-refractivity contribution in [3.63, 3.8) is 0 Å². The minimum atomic E-state index is -1.99. The molecule has 1 aliphatic heterocycles. The van der Waals surface area contributed by atoms with Gasteiger partial charge >= 0.3 is 7.12 Å². The van der Waals surface area contributed by atoms with Gasteiger partial charge in [-0.15, -0.1) is 0 Å². The molecule has 3 rings (SSSR count). The van der Waals surface area contributed by atoms with Crippen LogP contribution in [-0.2, 0) is 13.7 Å². The number of pyridine rings is 1. The van der Waals surface area contributed by atoms with E-state index in [1.807, 2.05) is 36.6 Å². The van der Waals surface area contributed by atoms with Gasteiger partial charge in [-0.2, -0.15) is 0 Å². The minimum absolute atomic E-state index is 0.0994. The van der Waals surface area contributed by atoms with E-state index in [1.165, 1.54) is 0 Å². The average molecular weight is 512 g/mol. The summed E-state index contributed by atoms with van der Waals surface area (Å²) in [5, 5.41) is 0.0994. The molecule has 0 atom stereocenters. The summed E-state index contributed by atoms with van der Waals surface area (Å²) in [4.78, 5) is 4.57. The van der Waals surface area contributed by atoms with Crippen LogP contribution >= 0.6 is 0 Å². The Labute approximate surface area is 218 Å². The van der Waals surface area contributed by atoms with Crippen LogP contribution in [0.4, 0.5) is 0 Å². The second-order valence-corrected chi connectivity index (χ2v) is 16.7. The molecule has 0 radical (unpaired) electrons. The van der Waals surface area contributed by atoms with E-state index < -0.39 is 26.6 Å². The Morgan fingerprint density at radius 3 is 2.11 bits per heavy atom. The maximum Gasteiger partial charge on any atom is 0.487 e. The molecule has 8 heteroatoms. The van der Waals surface area contributed by atoms with Crippen LogP contribution in [-0.4, -0.2) is 52.4 Å². The van der Waals surface area contributed by atoms with Gasteiger partial charge in [-0.3, -0.25) is 4.98 Å². The maximum absolute atomic E-state index is 6.63. The van der Waals surface area contributed by atoms with Gasteiger partial charge in [-0.1, -0.05) is 26.8 Å². The number of nitrogens with zero attached hydrogens (tertiary/aromatic N) is 1. The summed E-state index contributed by atoms with van der Waals surface area (Å²) in [6.07, 6.45) is 3.72. The van der Waals surface area contributed by atoms with Gasteiger partial charge in [0.2, 0.25) is 0 Å². The molecule has 1 aromatic heterocycles. The van der Waals surface area contributed by atoms with Gasteiger partial charge in [0.05, 0.1) is 32.0 Å². The normalized spacial score (nSPS) is 17.9. The number of methoxy groups -OCH3 is 2. The van der Waals surface area contributed by atoms with Gasteiger partial charge in [0.1, 0.15) is 0 Å². The molecule has 1 aromatic carbocycles. The SMILES string of the molecule is COc1ccc(-c2cncc(/C(=C\B3OC(C)(C)C(C)(C)O3)CO[Si](C)(C)C(C)(C)C)c2)cc1OC. The van der Waals surface area contributed by atoms with E-state index in [4.69, 9.17) is 23.2 Å². The lowest BCUT2D eigenvalue weighted by molar-refractivity contribution is 0.00578. The van der Waals surface area contributed by atoms with Crippen molar-refractivity contribution in [1.82, 2.24) is 4.98 Å². The first-order valence-corrected chi connectivity index (χ1v) is 15.4. The van der Waals surface area contributed by atoms with Crippen LogP contribution in [0.3, 0.4) is 0 Å². The molecule has 36 heavy (non-hydrogen) atoms. The van der Waals surface area contributed by atoms with Crippen molar-refractivity contribution >= 4 is 21.0 Å². The molecule has 2 heterocycles. The molecule has 0 spiro atoms. The number of aromatic nitrogens is 1. The third-order valence-corrected chi connectivity index (χ3v) is 12.3. The second kappa shape index (κ2) is 10.3. The molecular formula is C28H42BNO5Si. The van der Waals surface area contributed by atoms with Crippen LogP contribution in [0.15, 0.2) is 42.6 Å². The van der Waals surface area contributed by atoms with Gasteiger partial charge in [-0.05, 0) is 86.7 Å². The molecule has 2 aromatic rings. The van der Waals surface area contributed by atoms with Gasteiger partial charge < -0.3 is 23.2 Å². The molecule has 1 fully saturated rings. The van der Waals surface area contributed by atoms with Crippen LogP contribution in [0.5, 0.6) is 11.5 Å². The molecular weight excluding hydrogens is 469 g/mol. The second-order valence-electron chi connectivity index (χ2n) is 11.9. The Balaban J connectivity index is 2.00. The summed E-state index contributed by atoms with van der Waals surface area (Å²) in [7, 11) is 0.812. The molecule has 1 aliphatic rings. The molecule has 0 unspecified atom stereocenters. The third kappa shape index (κ3) is 6.05. The zero-order valence-corrected chi connectivity index (χ0v) is 24.8. The van der Waals surface area contributed by atoms with Crippen LogP contribution in [0, 0.1) is 0 Å². The highest BCUT2D eigenvalue weighted by Crippen LogP contribution is 2.40. The molecule has 196 valence electrons. The van der Waals surface area contributed by atoms with E-state index in [0.29, 0.717) is 18.1 Å². The number of benzene rings is 1. The number of hydrogen-bond donors (Lipinski definition) is 0. The van der Waals surface area contributed by atoms with Crippen LogP contribution in [0.25, 0.3) is 16.7 Å². The Hall–Kier alpha value is -2.13. The van der Waals surface area contributed by atoms with E-state index in [-0.39, 0.29) is 5.04 Å². The Kier molecular flexibility index (Phi) is 8.16. The summed E-state index contributed by atoms with van der Waals surface area (Å²) in [5.74, 6) is 3.41. The molecule has 0 amide bonds. The predicted molar refractivity (Wildman–Crippen MR) is 150 cm³/mol. The summed E-state index contributed by atoms with van der Waals surface area (Å²) in [5.41, 5.74) is 3.09. The maximum atomic E-state index is 6.63. The average Bonchev–Trinajstić information content (AvgIpc) is 3.01. The van der Waals surface area contributed by atoms with Crippen molar-refractivity contribution in [3.8, 4) is 22.6 Å². The van der Waals surface area contributed by atoms with Crippen molar-refractivity contribution in [2.45, 2.75) is 77.8 Å². The molecule has 0 saturated carbocycles. The monoisotopic (exact) mass is 511 g/mol. The molecule has 6 nitrogen and oxygen atoms in total. The van der Waals surface area contributed by atoms with Gasteiger partial charge in [0.15, 0.2) is 19.8 Å². The van der Waals surface area contributed by atoms with Crippen LogP contribution in [0.2, 0.25) is 18.1 Å². The molecule has 1 saturated heterocycles. The Bertz CT molecular complexity index is 1090. The number of ether oxygens (including phenoxy) is 2. The largest absolute Gasteiger partial charge is 0.493 e. The molecule has 0 bridgehead atoms. The standard InChI is InChI=1S/C28H42BNO5Si/c1-26(2,3)36(10,11)33-19-23(16-29-34-27(4,5)28(6,7)35-29)22-14-21(17-30-18-22)20-12-13-24(31-8)25(15-20)32-9/h12-18H,19H2,1-11H3/b23-16-. The summed E-state index contributed by atoms with van der Waals surface area (Å²) in [6.45, 7) is 20.0. The predicted octanol–water partition coefficient (Wildman–Crippen LogP) is 6.80. The first kappa shape index (κ1) is 28.4. The fraction of sp³-hybridized carbons (Fsp3) is 0.536. The summed E-state index contributed by atoms with van der Waals surface area (Å²) < 4.78 is 30.1. The van der Waals surface area contributed by atoms with Gasteiger partial charge in [0, 0.05) is 18.0 Å². The fourth-order valence-corrected chi connectivity index (χ4v) is 4.56. The van der Waals surface area contributed by atoms with Crippen molar-refractivity contribution in [3.05, 3.63) is 48.2 Å². The lowest BCUT2D eigenvalue weighted by atomic mass is 9.85. The lowest BCUT2D eigenvalue weighted by Gasteiger charge is -2.36. The van der Waals surface area contributed by atoms with Crippen molar-refractivity contribution < 1.29 is 23.2 Å². The lowest BCUT2D eigenvalue weighted by Crippen LogP contribution is -2.41. The van der Waals surface area contributed by atoms with E-state index in [2.05, 4.69) is 72.6 Å². The quantitative estimate of drug-likeness (QED) is 0.363. The summed E-state index contributed by atoms with van der Waals surface area (Å²) in [6, 6.07) is 8.00. The molecule has 0 aliphatic carbocycles. The highest BCUT2D eigenvalue weighted by molar-refractivity contribution is 6.74. The first-order chi connectivity index (χ1) is 16.6. The zero-order chi connectivity index (χ0) is 26.9. The smallest absolute Gasteiger partial charge is 0.487 e. The topological polar surface area (TPSA) is 59.0 Å². The minimum Gasteiger partial charge on any atom is -0.493 e. The third-order valence-electron chi connectivity index (χ3n) is 7.83. The van der Waals surface area contributed by atoms with Crippen LogP contribution in [0.1, 0.15) is 54.0 Å². The fourth-order valence-electron chi connectivity index (χ4n) is 3.61. The van der Waals surface area contributed by atoms with Crippen LogP contribution < -0.4 is 9.47 Å². The Morgan fingerprint density at radius 2 is 1.56 bits per heavy atom. The van der Waals surface area contributed by atoms with Crippen molar-refractivity contribution in [2.24, 2.45) is 0 Å². The summed E-state index contributed by atoms with van der Waals surface area (Å²) >= 11 is 0. The van der Waals surface area contributed by atoms with Crippen molar-refractivity contribution in [2.75, 3.05) is 20.8 Å². The van der Waals surface area contributed by atoms with E-state index in [1.54, 1.807) is 14.2 Å². The molecule has 0 N–H and O–H groups in total. The Morgan fingerprint density at radius 1 is 0.944 bits per heavy atom. The highest BCUT2D eigenvalue weighted by atomic mass is 28.4. The number of hydrogen-bond acceptors (Lipinski definition) is 6. The van der Waals surface area contributed by atoms with E-state index in [9.17, 15) is 0 Å². The number of rotatable bonds is 8. The van der Waals surface area contributed by atoms with Gasteiger partial charge in [-0.25, -0.2) is 0 Å². The first-order valence-electron chi connectivity index (χ1n) is 12.5. The van der Waals surface area contributed by atoms with Gasteiger partial charge in [0.25, 0.3) is 0 Å². The highest BCUT2D eigenvalue weighted by Gasteiger charge is 2.50. The van der Waals surface area contributed by atoms with Crippen molar-refractivity contribution in [1.29, 1.82) is 0 Å². The zero-order valence-electron chi connectivity index (χ0n) is 23.8.